The van der Waals surface area contributed by atoms with Gasteiger partial charge in [0.2, 0.25) is 0 Å². The largest absolute Gasteiger partial charge is 0.411 e. The van der Waals surface area contributed by atoms with Gasteiger partial charge in [0.25, 0.3) is 0 Å². The van der Waals surface area contributed by atoms with Crippen LogP contribution in [0.2, 0.25) is 0 Å². The summed E-state index contributed by atoms with van der Waals surface area (Å²) in [6, 6.07) is 0. The van der Waals surface area contributed by atoms with E-state index in [9.17, 15) is 0 Å². The Morgan fingerprint density at radius 3 is 2.36 bits per heavy atom. The summed E-state index contributed by atoms with van der Waals surface area (Å²) in [5.74, 6) is 0. The lowest BCUT2D eigenvalue weighted by Crippen LogP contribution is -2.29. The quantitative estimate of drug-likeness (QED) is 0.442. The highest BCUT2D eigenvalue weighted by Gasteiger charge is 2.28. The molecule has 0 amide bonds. The summed E-state index contributed by atoms with van der Waals surface area (Å²) >= 11 is 1.96. The third kappa shape index (κ3) is 3.19. The van der Waals surface area contributed by atoms with Crippen LogP contribution in [0.15, 0.2) is 5.16 Å². The van der Waals surface area contributed by atoms with Crippen LogP contribution in [0.5, 0.6) is 0 Å². The fraction of sp³-hybridized carbons (Fsp3) is 0.909. The van der Waals surface area contributed by atoms with Crippen LogP contribution in [-0.4, -0.2) is 20.9 Å². The van der Waals surface area contributed by atoms with Crippen molar-refractivity contribution in [3.63, 3.8) is 0 Å². The highest BCUT2D eigenvalue weighted by molar-refractivity contribution is 8.02. The first kappa shape index (κ1) is 11.9. The first-order valence-corrected chi connectivity index (χ1v) is 6.31. The van der Waals surface area contributed by atoms with Crippen molar-refractivity contribution in [2.24, 2.45) is 5.16 Å². The molecule has 1 aliphatic carbocycles. The molecule has 0 aromatic carbocycles. The lowest BCUT2D eigenvalue weighted by molar-refractivity contribution is 0.316. The molecule has 2 nitrogen and oxygen atoms in total. The van der Waals surface area contributed by atoms with Gasteiger partial charge in [-0.1, -0.05) is 24.4 Å². The summed E-state index contributed by atoms with van der Waals surface area (Å²) in [6.45, 7) is 6.18. The maximum atomic E-state index is 8.77. The van der Waals surface area contributed by atoms with Gasteiger partial charge in [0.1, 0.15) is 0 Å². The third-order valence-corrected chi connectivity index (χ3v) is 4.72. The fourth-order valence-electron chi connectivity index (χ4n) is 1.81. The van der Waals surface area contributed by atoms with E-state index in [-0.39, 0.29) is 4.75 Å². The minimum absolute atomic E-state index is 0.0171. The topological polar surface area (TPSA) is 32.6 Å². The Balaban J connectivity index is 2.48. The van der Waals surface area contributed by atoms with Gasteiger partial charge in [0, 0.05) is 5.25 Å². The molecule has 0 heterocycles. The Morgan fingerprint density at radius 2 is 1.86 bits per heavy atom. The highest BCUT2D eigenvalue weighted by atomic mass is 32.2. The van der Waals surface area contributed by atoms with Crippen LogP contribution >= 0.6 is 11.8 Å². The van der Waals surface area contributed by atoms with Gasteiger partial charge in [-0.2, -0.15) is 0 Å². The second-order valence-electron chi connectivity index (χ2n) is 4.57. The summed E-state index contributed by atoms with van der Waals surface area (Å²) in [4.78, 5) is 0. The van der Waals surface area contributed by atoms with Crippen molar-refractivity contribution in [2.45, 2.75) is 62.9 Å². The van der Waals surface area contributed by atoms with Crippen molar-refractivity contribution in [3.8, 4) is 0 Å². The molecule has 0 aromatic rings. The molecule has 0 unspecified atom stereocenters. The maximum absolute atomic E-state index is 8.77. The first-order chi connectivity index (χ1) is 6.56. The molecule has 14 heavy (non-hydrogen) atoms. The lowest BCUT2D eigenvalue weighted by atomic mass is 10.0. The fourth-order valence-corrected chi connectivity index (χ4v) is 3.42. The van der Waals surface area contributed by atoms with E-state index in [1.54, 1.807) is 0 Å². The second-order valence-corrected chi connectivity index (χ2v) is 6.50. The van der Waals surface area contributed by atoms with Crippen LogP contribution in [0.4, 0.5) is 0 Å². The monoisotopic (exact) mass is 215 g/mol. The van der Waals surface area contributed by atoms with Crippen LogP contribution in [0.25, 0.3) is 0 Å². The predicted molar refractivity (Wildman–Crippen MR) is 63.4 cm³/mol. The number of thioether (sulfide) groups is 1. The zero-order chi connectivity index (χ0) is 10.6. The van der Waals surface area contributed by atoms with Gasteiger partial charge in [0.15, 0.2) is 0 Å². The minimum Gasteiger partial charge on any atom is -0.411 e. The molecule has 0 radical (unpaired) electrons. The van der Waals surface area contributed by atoms with Crippen LogP contribution in [0, 0.1) is 0 Å². The number of nitrogens with zero attached hydrogens (tertiary/aromatic N) is 1. The van der Waals surface area contributed by atoms with E-state index in [1.165, 1.54) is 32.1 Å². The Kier molecular flexibility index (Phi) is 4.30. The Labute approximate surface area is 91.1 Å². The van der Waals surface area contributed by atoms with Crippen LogP contribution in [0.1, 0.15) is 52.9 Å². The van der Waals surface area contributed by atoms with Gasteiger partial charge in [-0.3, -0.25) is 0 Å². The molecule has 0 atom stereocenters. The van der Waals surface area contributed by atoms with E-state index in [0.717, 1.165) is 11.0 Å². The van der Waals surface area contributed by atoms with Crippen molar-refractivity contribution in [1.29, 1.82) is 0 Å². The second kappa shape index (κ2) is 5.06. The molecule has 0 saturated heterocycles. The minimum atomic E-state index is -0.0171. The zero-order valence-corrected chi connectivity index (χ0v) is 10.2. The molecule has 1 fully saturated rings. The molecule has 1 saturated carbocycles. The molecule has 1 rings (SSSR count). The molecule has 1 N–H and O–H groups in total. The van der Waals surface area contributed by atoms with Gasteiger partial charge in [-0.05, 0) is 33.6 Å². The number of oxime groups is 1. The summed E-state index contributed by atoms with van der Waals surface area (Å²) in [5.41, 5.74) is 0.827. The molecule has 3 heteroatoms. The summed E-state index contributed by atoms with van der Waals surface area (Å²) in [7, 11) is 0. The summed E-state index contributed by atoms with van der Waals surface area (Å²) in [6.07, 6.45) is 6.77. The number of hydrogen-bond donors (Lipinski definition) is 1. The summed E-state index contributed by atoms with van der Waals surface area (Å²) in [5, 5.41) is 12.9. The number of rotatable bonds is 3. The van der Waals surface area contributed by atoms with Crippen molar-refractivity contribution >= 4 is 17.5 Å². The summed E-state index contributed by atoms with van der Waals surface area (Å²) < 4.78 is -0.0171. The van der Waals surface area contributed by atoms with E-state index >= 15 is 0 Å². The van der Waals surface area contributed by atoms with Gasteiger partial charge < -0.3 is 5.21 Å². The standard InChI is InChI=1S/C11H21NOS/c1-9(12-13)11(2,3)14-10-7-5-4-6-8-10/h10,13H,4-8H2,1-3H3/b12-9+. The SMILES string of the molecule is C/C(=N\O)C(C)(C)SC1CCCCC1. The average molecular weight is 215 g/mol. The van der Waals surface area contributed by atoms with E-state index in [4.69, 9.17) is 5.21 Å². The first-order valence-electron chi connectivity index (χ1n) is 5.43. The van der Waals surface area contributed by atoms with Gasteiger partial charge in [-0.15, -0.1) is 11.8 Å². The Bertz CT molecular complexity index is 207. The molecule has 0 aromatic heterocycles. The van der Waals surface area contributed by atoms with Crippen LogP contribution in [-0.2, 0) is 0 Å². The molecule has 0 spiro atoms. The van der Waals surface area contributed by atoms with Crippen molar-refractivity contribution in [3.05, 3.63) is 0 Å². The maximum Gasteiger partial charge on any atom is 0.0694 e. The van der Waals surface area contributed by atoms with Gasteiger partial charge in [-0.25, -0.2) is 0 Å². The van der Waals surface area contributed by atoms with Gasteiger partial charge >= 0.3 is 0 Å². The average Bonchev–Trinajstić information content (AvgIpc) is 2.17. The highest BCUT2D eigenvalue weighted by Crippen LogP contribution is 2.37. The van der Waals surface area contributed by atoms with Crippen molar-refractivity contribution in [1.82, 2.24) is 0 Å². The molecular formula is C11H21NOS. The molecular weight excluding hydrogens is 194 g/mol. The third-order valence-electron chi connectivity index (χ3n) is 3.03. The normalized spacial score (nSPS) is 21.2. The zero-order valence-electron chi connectivity index (χ0n) is 9.42. The van der Waals surface area contributed by atoms with E-state index in [0.29, 0.717) is 0 Å². The van der Waals surface area contributed by atoms with Crippen LogP contribution < -0.4 is 0 Å². The molecule has 1 aliphatic rings. The predicted octanol–water partition coefficient (Wildman–Crippen LogP) is 3.68. The van der Waals surface area contributed by atoms with Crippen molar-refractivity contribution in [2.75, 3.05) is 0 Å². The van der Waals surface area contributed by atoms with Gasteiger partial charge in [0.05, 0.1) is 10.5 Å². The number of hydrogen-bond acceptors (Lipinski definition) is 3. The van der Waals surface area contributed by atoms with Crippen LogP contribution in [0.3, 0.4) is 0 Å². The van der Waals surface area contributed by atoms with E-state index in [1.807, 2.05) is 18.7 Å². The van der Waals surface area contributed by atoms with Crippen molar-refractivity contribution < 1.29 is 5.21 Å². The molecule has 0 bridgehead atoms. The Hall–Kier alpha value is -0.180. The van der Waals surface area contributed by atoms with E-state index < -0.39 is 0 Å². The lowest BCUT2D eigenvalue weighted by Gasteiger charge is -2.30. The molecule has 0 aliphatic heterocycles. The Morgan fingerprint density at radius 1 is 1.29 bits per heavy atom. The molecule has 82 valence electrons. The smallest absolute Gasteiger partial charge is 0.0694 e. The van der Waals surface area contributed by atoms with E-state index in [2.05, 4.69) is 19.0 Å².